The first-order chi connectivity index (χ1) is 7.24. The number of nitrogens with two attached hydrogens (primary N) is 1. The predicted octanol–water partition coefficient (Wildman–Crippen LogP) is 1.53. The molecule has 0 saturated carbocycles. The number of hydroxylamine groups is 2. The summed E-state index contributed by atoms with van der Waals surface area (Å²) in [5.74, 6) is 0.748. The molecule has 0 radical (unpaired) electrons. The number of nitrogen functional groups attached to an aromatic ring is 1. The van der Waals surface area contributed by atoms with Gasteiger partial charge in [0.1, 0.15) is 5.75 Å². The van der Waals surface area contributed by atoms with Crippen molar-refractivity contribution in [1.29, 1.82) is 0 Å². The van der Waals surface area contributed by atoms with Gasteiger partial charge in [-0.25, -0.2) is 0 Å². The highest BCUT2D eigenvalue weighted by Gasteiger charge is 1.99. The van der Waals surface area contributed by atoms with Crippen LogP contribution < -0.4 is 10.5 Å². The normalized spacial score (nSPS) is 10.6. The fourth-order valence-corrected chi connectivity index (χ4v) is 1.17. The molecule has 0 aliphatic heterocycles. The first-order valence-corrected chi connectivity index (χ1v) is 4.96. The van der Waals surface area contributed by atoms with Crippen LogP contribution in [0.3, 0.4) is 0 Å². The van der Waals surface area contributed by atoms with E-state index in [9.17, 15) is 0 Å². The van der Waals surface area contributed by atoms with Crippen LogP contribution in [-0.4, -0.2) is 32.4 Å². The minimum Gasteiger partial charge on any atom is -0.491 e. The van der Waals surface area contributed by atoms with E-state index >= 15 is 0 Å². The van der Waals surface area contributed by atoms with Gasteiger partial charge in [0.15, 0.2) is 0 Å². The highest BCUT2D eigenvalue weighted by Crippen LogP contribution is 2.19. The summed E-state index contributed by atoms with van der Waals surface area (Å²) < 4.78 is 5.52. The topological polar surface area (TPSA) is 47.7 Å². The number of para-hydroxylation sites is 2. The molecule has 4 heteroatoms. The van der Waals surface area contributed by atoms with Crippen LogP contribution in [-0.2, 0) is 4.84 Å². The summed E-state index contributed by atoms with van der Waals surface area (Å²) in [5, 5.41) is 1.76. The van der Waals surface area contributed by atoms with Gasteiger partial charge in [-0.2, -0.15) is 5.06 Å². The van der Waals surface area contributed by atoms with Gasteiger partial charge < -0.3 is 15.3 Å². The predicted molar refractivity (Wildman–Crippen MR) is 60.6 cm³/mol. The summed E-state index contributed by atoms with van der Waals surface area (Å²) >= 11 is 0. The Balaban J connectivity index is 2.23. The zero-order chi connectivity index (χ0) is 11.1. The minimum atomic E-state index is 0.641. The van der Waals surface area contributed by atoms with Crippen molar-refractivity contribution < 1.29 is 9.57 Å². The quantitative estimate of drug-likeness (QED) is 0.439. The third-order valence-corrected chi connectivity index (χ3v) is 2.11. The number of ether oxygens (including phenoxy) is 1. The molecule has 4 nitrogen and oxygen atoms in total. The van der Waals surface area contributed by atoms with Crippen molar-refractivity contribution in [3.8, 4) is 5.75 Å². The lowest BCUT2D eigenvalue weighted by molar-refractivity contribution is -0.110. The van der Waals surface area contributed by atoms with E-state index in [4.69, 9.17) is 15.3 Å². The van der Waals surface area contributed by atoms with Crippen LogP contribution in [0.2, 0.25) is 0 Å². The van der Waals surface area contributed by atoms with Gasteiger partial charge in [0.2, 0.25) is 0 Å². The van der Waals surface area contributed by atoms with Gasteiger partial charge in [-0.05, 0) is 18.6 Å². The molecule has 0 aliphatic rings. The van der Waals surface area contributed by atoms with Gasteiger partial charge in [-0.3, -0.25) is 0 Å². The second kappa shape index (κ2) is 6.27. The van der Waals surface area contributed by atoms with E-state index in [2.05, 4.69) is 0 Å². The molecule has 0 fully saturated rings. The Hall–Kier alpha value is -1.26. The zero-order valence-electron chi connectivity index (χ0n) is 9.27. The van der Waals surface area contributed by atoms with Crippen LogP contribution in [0.15, 0.2) is 24.3 Å². The number of hydrogen-bond donors (Lipinski definition) is 1. The number of anilines is 1. The molecule has 1 aromatic rings. The molecule has 84 valence electrons. The fraction of sp³-hybridized carbons (Fsp3) is 0.455. The summed E-state index contributed by atoms with van der Waals surface area (Å²) in [7, 11) is 3.53. The Morgan fingerprint density at radius 2 is 2.07 bits per heavy atom. The summed E-state index contributed by atoms with van der Waals surface area (Å²) in [6, 6.07) is 7.50. The van der Waals surface area contributed by atoms with Crippen molar-refractivity contribution in [2.24, 2.45) is 0 Å². The molecule has 0 atom stereocenters. The number of hydrogen-bond acceptors (Lipinski definition) is 4. The Kier molecular flexibility index (Phi) is 4.93. The van der Waals surface area contributed by atoms with Crippen molar-refractivity contribution in [3.63, 3.8) is 0 Å². The molecule has 1 aromatic carbocycles. The van der Waals surface area contributed by atoms with Gasteiger partial charge in [0.05, 0.1) is 19.4 Å². The molecule has 1 rings (SSSR count). The first kappa shape index (κ1) is 11.8. The monoisotopic (exact) mass is 210 g/mol. The average molecular weight is 210 g/mol. The smallest absolute Gasteiger partial charge is 0.142 e. The fourth-order valence-electron chi connectivity index (χ4n) is 1.17. The lowest BCUT2D eigenvalue weighted by Gasteiger charge is -2.13. The minimum absolute atomic E-state index is 0.641. The third kappa shape index (κ3) is 4.18. The Morgan fingerprint density at radius 3 is 2.73 bits per heavy atom. The van der Waals surface area contributed by atoms with E-state index in [1.165, 1.54) is 0 Å². The second-order valence-electron chi connectivity index (χ2n) is 3.27. The van der Waals surface area contributed by atoms with E-state index in [1.807, 2.05) is 31.3 Å². The van der Waals surface area contributed by atoms with Crippen LogP contribution in [0.25, 0.3) is 0 Å². The lowest BCUT2D eigenvalue weighted by Crippen LogP contribution is -2.19. The molecule has 0 saturated heterocycles. The molecule has 0 unspecified atom stereocenters. The number of rotatable bonds is 6. The molecule has 0 aromatic heterocycles. The first-order valence-electron chi connectivity index (χ1n) is 4.96. The van der Waals surface area contributed by atoms with Gasteiger partial charge in [0.25, 0.3) is 0 Å². The highest BCUT2D eigenvalue weighted by atomic mass is 16.7. The van der Waals surface area contributed by atoms with E-state index in [-0.39, 0.29) is 0 Å². The van der Waals surface area contributed by atoms with Crippen molar-refractivity contribution in [3.05, 3.63) is 24.3 Å². The Morgan fingerprint density at radius 1 is 1.33 bits per heavy atom. The molecule has 0 heterocycles. The molecular formula is C11H18N2O2. The standard InChI is InChI=1S/C11H18N2O2/c1-13(14-2)8-5-9-15-11-7-4-3-6-10(11)12/h3-4,6-7H,5,8-9,12H2,1-2H3. The summed E-state index contributed by atoms with van der Waals surface area (Å²) in [6.07, 6.45) is 0.901. The van der Waals surface area contributed by atoms with Gasteiger partial charge in [0, 0.05) is 13.6 Å². The molecule has 0 aliphatic carbocycles. The van der Waals surface area contributed by atoms with Crippen LogP contribution in [0.4, 0.5) is 5.69 Å². The molecule has 0 amide bonds. The Bertz CT molecular complexity index is 292. The summed E-state index contributed by atoms with van der Waals surface area (Å²) in [6.45, 7) is 1.48. The number of benzene rings is 1. The van der Waals surface area contributed by atoms with E-state index in [1.54, 1.807) is 12.2 Å². The van der Waals surface area contributed by atoms with Gasteiger partial charge in [-0.1, -0.05) is 12.1 Å². The van der Waals surface area contributed by atoms with E-state index in [0.717, 1.165) is 18.7 Å². The third-order valence-electron chi connectivity index (χ3n) is 2.11. The van der Waals surface area contributed by atoms with Crippen LogP contribution in [0, 0.1) is 0 Å². The van der Waals surface area contributed by atoms with E-state index < -0.39 is 0 Å². The maximum absolute atomic E-state index is 5.73. The van der Waals surface area contributed by atoms with Crippen molar-refractivity contribution >= 4 is 5.69 Å². The molecular weight excluding hydrogens is 192 g/mol. The molecule has 0 bridgehead atoms. The van der Waals surface area contributed by atoms with Crippen LogP contribution in [0.5, 0.6) is 5.75 Å². The number of nitrogens with zero attached hydrogens (tertiary/aromatic N) is 1. The summed E-state index contributed by atoms with van der Waals surface area (Å²) in [5.41, 5.74) is 6.41. The zero-order valence-corrected chi connectivity index (χ0v) is 9.27. The van der Waals surface area contributed by atoms with Crippen LogP contribution in [0.1, 0.15) is 6.42 Å². The highest BCUT2D eigenvalue weighted by molar-refractivity contribution is 5.51. The largest absolute Gasteiger partial charge is 0.491 e. The van der Waals surface area contributed by atoms with Crippen molar-refractivity contribution in [1.82, 2.24) is 5.06 Å². The average Bonchev–Trinajstić information content (AvgIpc) is 2.26. The molecule has 2 N–H and O–H groups in total. The molecule has 15 heavy (non-hydrogen) atoms. The summed E-state index contributed by atoms with van der Waals surface area (Å²) in [4.78, 5) is 4.98. The molecule has 0 spiro atoms. The SMILES string of the molecule is CON(C)CCCOc1ccccc1N. The van der Waals surface area contributed by atoms with E-state index in [0.29, 0.717) is 12.3 Å². The Labute approximate surface area is 90.5 Å². The second-order valence-corrected chi connectivity index (χ2v) is 3.27. The van der Waals surface area contributed by atoms with Crippen molar-refractivity contribution in [2.45, 2.75) is 6.42 Å². The van der Waals surface area contributed by atoms with Gasteiger partial charge in [-0.15, -0.1) is 0 Å². The maximum Gasteiger partial charge on any atom is 0.142 e. The maximum atomic E-state index is 5.73. The van der Waals surface area contributed by atoms with Crippen molar-refractivity contribution in [2.75, 3.05) is 33.0 Å². The lowest BCUT2D eigenvalue weighted by atomic mass is 10.3. The van der Waals surface area contributed by atoms with Gasteiger partial charge >= 0.3 is 0 Å². The van der Waals surface area contributed by atoms with Crippen LogP contribution >= 0.6 is 0 Å².